The van der Waals surface area contributed by atoms with Gasteiger partial charge in [0.2, 0.25) is 0 Å². The molecule has 0 spiro atoms. The predicted molar refractivity (Wildman–Crippen MR) is 116 cm³/mol. The SMILES string of the molecule is C=CCn1c(Cc2csc(NC(=O)c3cc4c(s3)CCCCC4)n2)n[nH]c1=S. The maximum Gasteiger partial charge on any atom is 0.267 e. The molecule has 0 aliphatic heterocycles. The molecule has 1 aliphatic rings. The molecule has 4 rings (SSSR count). The molecule has 146 valence electrons. The van der Waals surface area contributed by atoms with E-state index in [1.165, 1.54) is 41.0 Å². The van der Waals surface area contributed by atoms with E-state index in [1.54, 1.807) is 17.4 Å². The number of aryl methyl sites for hydroxylation is 2. The third-order valence-corrected chi connectivity index (χ3v) is 7.08. The van der Waals surface area contributed by atoms with Crippen molar-refractivity contribution in [3.05, 3.63) is 55.7 Å². The predicted octanol–water partition coefficient (Wildman–Crippen LogP) is 4.76. The first-order valence-electron chi connectivity index (χ1n) is 9.26. The Hall–Kier alpha value is -2.10. The van der Waals surface area contributed by atoms with Crippen molar-refractivity contribution in [1.82, 2.24) is 19.7 Å². The minimum atomic E-state index is -0.0756. The number of aromatic nitrogens is 4. The number of rotatable bonds is 6. The smallest absolute Gasteiger partial charge is 0.267 e. The quantitative estimate of drug-likeness (QED) is 0.335. The lowest BCUT2D eigenvalue weighted by Gasteiger charge is -2.01. The van der Waals surface area contributed by atoms with E-state index in [0.717, 1.165) is 29.2 Å². The number of nitrogens with zero attached hydrogens (tertiary/aromatic N) is 3. The summed E-state index contributed by atoms with van der Waals surface area (Å²) < 4.78 is 2.45. The van der Waals surface area contributed by atoms with Gasteiger partial charge in [-0.15, -0.1) is 29.3 Å². The van der Waals surface area contributed by atoms with E-state index < -0.39 is 0 Å². The highest BCUT2D eigenvalue weighted by molar-refractivity contribution is 7.71. The Morgan fingerprint density at radius 2 is 2.25 bits per heavy atom. The Morgan fingerprint density at radius 1 is 1.39 bits per heavy atom. The van der Waals surface area contributed by atoms with Gasteiger partial charge in [0.15, 0.2) is 9.90 Å². The summed E-state index contributed by atoms with van der Waals surface area (Å²) in [5, 5.41) is 12.6. The van der Waals surface area contributed by atoms with E-state index in [-0.39, 0.29) is 5.91 Å². The fourth-order valence-electron chi connectivity index (χ4n) is 3.35. The minimum Gasteiger partial charge on any atom is -0.300 e. The number of amides is 1. The molecule has 9 heteroatoms. The number of hydrogen-bond donors (Lipinski definition) is 2. The zero-order valence-electron chi connectivity index (χ0n) is 15.4. The van der Waals surface area contributed by atoms with Gasteiger partial charge in [0.05, 0.1) is 17.0 Å². The van der Waals surface area contributed by atoms with Gasteiger partial charge in [-0.3, -0.25) is 19.8 Å². The Bertz CT molecular complexity index is 1030. The highest BCUT2D eigenvalue weighted by Crippen LogP contribution is 2.29. The second-order valence-electron chi connectivity index (χ2n) is 6.74. The van der Waals surface area contributed by atoms with Gasteiger partial charge in [0.25, 0.3) is 5.91 Å². The molecule has 3 aromatic rings. The van der Waals surface area contributed by atoms with Crippen molar-refractivity contribution in [3.63, 3.8) is 0 Å². The number of allylic oxidation sites excluding steroid dienone is 1. The van der Waals surface area contributed by atoms with Crippen molar-refractivity contribution in [2.75, 3.05) is 5.32 Å². The van der Waals surface area contributed by atoms with Crippen LogP contribution in [0, 0.1) is 4.77 Å². The molecule has 0 unspecified atom stereocenters. The van der Waals surface area contributed by atoms with E-state index in [9.17, 15) is 4.79 Å². The van der Waals surface area contributed by atoms with Gasteiger partial charge in [-0.1, -0.05) is 12.5 Å². The van der Waals surface area contributed by atoms with Gasteiger partial charge in [0, 0.05) is 16.8 Å². The monoisotopic (exact) mass is 431 g/mol. The average Bonchev–Trinajstić information content (AvgIpc) is 3.34. The molecule has 0 radical (unpaired) electrons. The van der Waals surface area contributed by atoms with Crippen LogP contribution in [0.3, 0.4) is 0 Å². The third-order valence-electron chi connectivity index (χ3n) is 4.73. The van der Waals surface area contributed by atoms with Crippen molar-refractivity contribution in [3.8, 4) is 0 Å². The first-order chi connectivity index (χ1) is 13.6. The number of anilines is 1. The number of fused-ring (bicyclic) bond motifs is 1. The van der Waals surface area contributed by atoms with Crippen LogP contribution < -0.4 is 5.32 Å². The molecule has 1 aliphatic carbocycles. The summed E-state index contributed by atoms with van der Waals surface area (Å²) >= 11 is 8.29. The molecule has 1 amide bonds. The van der Waals surface area contributed by atoms with E-state index >= 15 is 0 Å². The van der Waals surface area contributed by atoms with Crippen LogP contribution >= 0.6 is 34.9 Å². The third kappa shape index (κ3) is 4.16. The summed E-state index contributed by atoms with van der Waals surface area (Å²) in [6.45, 7) is 4.35. The lowest BCUT2D eigenvalue weighted by Crippen LogP contribution is -2.10. The molecule has 28 heavy (non-hydrogen) atoms. The van der Waals surface area contributed by atoms with Crippen molar-refractivity contribution < 1.29 is 4.79 Å². The largest absolute Gasteiger partial charge is 0.300 e. The summed E-state index contributed by atoms with van der Waals surface area (Å²) in [5.41, 5.74) is 2.19. The summed E-state index contributed by atoms with van der Waals surface area (Å²) in [5.74, 6) is 0.725. The van der Waals surface area contributed by atoms with Crippen molar-refractivity contribution >= 4 is 45.9 Å². The van der Waals surface area contributed by atoms with E-state index in [1.807, 2.05) is 9.95 Å². The van der Waals surface area contributed by atoms with E-state index in [4.69, 9.17) is 12.2 Å². The van der Waals surface area contributed by atoms with Crippen LogP contribution in [0.2, 0.25) is 0 Å². The Kier molecular flexibility index (Phi) is 5.84. The molecular weight excluding hydrogens is 410 g/mol. The fraction of sp³-hybridized carbons (Fsp3) is 0.368. The normalized spacial score (nSPS) is 13.7. The highest BCUT2D eigenvalue weighted by Gasteiger charge is 2.18. The van der Waals surface area contributed by atoms with Crippen LogP contribution in [0.5, 0.6) is 0 Å². The maximum absolute atomic E-state index is 12.6. The number of thiophene rings is 1. The molecular formula is C19H21N5OS3. The Labute approximate surface area is 176 Å². The summed E-state index contributed by atoms with van der Waals surface area (Å²) in [6, 6.07) is 2.06. The van der Waals surface area contributed by atoms with Crippen LogP contribution in [0.4, 0.5) is 5.13 Å². The number of hydrogen-bond acceptors (Lipinski definition) is 6. The zero-order chi connectivity index (χ0) is 19.5. The van der Waals surface area contributed by atoms with Crippen LogP contribution in [-0.2, 0) is 25.8 Å². The van der Waals surface area contributed by atoms with Gasteiger partial charge < -0.3 is 0 Å². The maximum atomic E-state index is 12.6. The number of aromatic amines is 1. The van der Waals surface area contributed by atoms with Crippen LogP contribution in [0.25, 0.3) is 0 Å². The minimum absolute atomic E-state index is 0.0756. The number of carbonyl (C=O) groups excluding carboxylic acids is 1. The van der Waals surface area contributed by atoms with Gasteiger partial charge in [-0.05, 0) is 49.5 Å². The number of thiazole rings is 1. The van der Waals surface area contributed by atoms with Crippen LogP contribution in [-0.4, -0.2) is 25.7 Å². The molecule has 0 saturated heterocycles. The van der Waals surface area contributed by atoms with Gasteiger partial charge in [-0.2, -0.15) is 5.10 Å². The van der Waals surface area contributed by atoms with Gasteiger partial charge in [-0.25, -0.2) is 4.98 Å². The van der Waals surface area contributed by atoms with Crippen molar-refractivity contribution in [2.24, 2.45) is 0 Å². The number of H-pyrrole nitrogens is 1. The zero-order valence-corrected chi connectivity index (χ0v) is 17.8. The molecule has 0 fully saturated rings. The molecule has 2 N–H and O–H groups in total. The summed E-state index contributed by atoms with van der Waals surface area (Å²) in [4.78, 5) is 19.3. The molecule has 3 aromatic heterocycles. The van der Waals surface area contributed by atoms with Crippen molar-refractivity contribution in [2.45, 2.75) is 45.1 Å². The fourth-order valence-corrected chi connectivity index (χ4v) is 5.43. The first-order valence-corrected chi connectivity index (χ1v) is 11.4. The van der Waals surface area contributed by atoms with Crippen LogP contribution in [0.1, 0.15) is 50.9 Å². The number of nitrogens with one attached hydrogen (secondary N) is 2. The molecule has 0 aromatic carbocycles. The molecule has 3 heterocycles. The standard InChI is InChI=1S/C19H21N5OS3/c1-2-8-24-16(22-23-19(24)26)10-13-11-27-18(20-13)21-17(25)15-9-12-6-4-3-5-7-14(12)28-15/h2,9,11H,1,3-8,10H2,(H,23,26)(H,20,21,25). The lowest BCUT2D eigenvalue weighted by atomic mass is 10.1. The topological polar surface area (TPSA) is 75.6 Å². The van der Waals surface area contributed by atoms with Crippen LogP contribution in [0.15, 0.2) is 24.1 Å². The molecule has 0 saturated carbocycles. The van der Waals surface area contributed by atoms with Crippen molar-refractivity contribution in [1.29, 1.82) is 0 Å². The lowest BCUT2D eigenvalue weighted by molar-refractivity contribution is 0.103. The second kappa shape index (κ2) is 8.50. The highest BCUT2D eigenvalue weighted by atomic mass is 32.1. The second-order valence-corrected chi connectivity index (χ2v) is 9.12. The van der Waals surface area contributed by atoms with E-state index in [0.29, 0.717) is 22.9 Å². The van der Waals surface area contributed by atoms with Gasteiger partial charge in [0.1, 0.15) is 5.82 Å². The molecule has 0 atom stereocenters. The van der Waals surface area contributed by atoms with Gasteiger partial charge >= 0.3 is 0 Å². The molecule has 0 bridgehead atoms. The Balaban J connectivity index is 1.44. The van der Waals surface area contributed by atoms with E-state index in [2.05, 4.69) is 33.1 Å². The first kappa shape index (κ1) is 19.2. The molecule has 6 nitrogen and oxygen atoms in total. The average molecular weight is 432 g/mol. The Morgan fingerprint density at radius 3 is 3.11 bits per heavy atom. The summed E-state index contributed by atoms with van der Waals surface area (Å²) in [7, 11) is 0. The summed E-state index contributed by atoms with van der Waals surface area (Å²) in [6.07, 6.45) is 8.21. The number of carbonyl (C=O) groups is 1.